The van der Waals surface area contributed by atoms with Crippen LogP contribution in [0.15, 0.2) is 65.6 Å². The number of carbonyl (C=O) groups is 1. The minimum Gasteiger partial charge on any atom is -0.326 e. The summed E-state index contributed by atoms with van der Waals surface area (Å²) in [4.78, 5) is 12.2. The molecule has 0 aliphatic heterocycles. The first-order valence-electron chi connectivity index (χ1n) is 11.8. The van der Waals surface area contributed by atoms with Crippen LogP contribution in [-0.2, 0) is 31.0 Å². The Morgan fingerprint density at radius 2 is 1.55 bits per heavy atom. The molecule has 8 nitrogen and oxygen atoms in total. The molecule has 3 aromatic rings. The van der Waals surface area contributed by atoms with Gasteiger partial charge >= 0.3 is 6.18 Å². The summed E-state index contributed by atoms with van der Waals surface area (Å²) in [6.45, 7) is 3.74. The number of nitrogens with zero attached hydrogens (tertiary/aromatic N) is 1. The number of amides is 1. The zero-order chi connectivity index (χ0) is 29.9. The van der Waals surface area contributed by atoms with E-state index in [1.165, 1.54) is 28.6 Å². The molecule has 0 unspecified atom stereocenters. The highest BCUT2D eigenvalue weighted by Gasteiger charge is 2.33. The normalized spacial score (nSPS) is 12.2. The third kappa shape index (κ3) is 8.12. The van der Waals surface area contributed by atoms with Crippen molar-refractivity contribution in [2.24, 2.45) is 0 Å². The second kappa shape index (κ2) is 12.1. The summed E-state index contributed by atoms with van der Waals surface area (Å²) in [6, 6.07) is 13.1. The van der Waals surface area contributed by atoms with Crippen LogP contribution in [0.2, 0.25) is 5.02 Å². The number of rotatable bonds is 10. The Morgan fingerprint density at radius 1 is 0.925 bits per heavy atom. The largest absolute Gasteiger partial charge is 0.417 e. The van der Waals surface area contributed by atoms with Gasteiger partial charge in [-0.25, -0.2) is 16.8 Å². The first-order valence-corrected chi connectivity index (χ1v) is 15.5. The predicted molar refractivity (Wildman–Crippen MR) is 150 cm³/mol. The third-order valence-electron chi connectivity index (χ3n) is 5.77. The van der Waals surface area contributed by atoms with Crippen LogP contribution in [0.25, 0.3) is 0 Å². The zero-order valence-corrected chi connectivity index (χ0v) is 24.1. The minimum atomic E-state index is -4.76. The molecule has 40 heavy (non-hydrogen) atoms. The van der Waals surface area contributed by atoms with E-state index in [0.717, 1.165) is 29.5 Å². The highest BCUT2D eigenvalue weighted by Crippen LogP contribution is 2.36. The van der Waals surface area contributed by atoms with Gasteiger partial charge < -0.3 is 5.32 Å². The van der Waals surface area contributed by atoms with Crippen molar-refractivity contribution in [3.63, 3.8) is 0 Å². The van der Waals surface area contributed by atoms with Gasteiger partial charge in [0.15, 0.2) is 0 Å². The summed E-state index contributed by atoms with van der Waals surface area (Å²) in [6.07, 6.45) is -3.44. The monoisotopic (exact) mass is 617 g/mol. The van der Waals surface area contributed by atoms with Crippen molar-refractivity contribution in [2.75, 3.05) is 27.1 Å². The second-order valence-electron chi connectivity index (χ2n) is 9.10. The summed E-state index contributed by atoms with van der Waals surface area (Å²) in [5.74, 6) is -0.413. The fourth-order valence-corrected chi connectivity index (χ4v) is 6.09. The molecule has 0 radical (unpaired) electrons. The molecule has 0 bridgehead atoms. The Hall–Kier alpha value is -3.29. The van der Waals surface area contributed by atoms with Gasteiger partial charge in [0.1, 0.15) is 0 Å². The quantitative estimate of drug-likeness (QED) is 0.291. The van der Waals surface area contributed by atoms with Crippen LogP contribution in [0.4, 0.5) is 30.2 Å². The average Bonchev–Trinajstić information content (AvgIpc) is 2.83. The standard InChI is InChI=1S/C26H27ClF3N3O5S2/c1-17-6-7-18(2)24(15-17)33(39(3,35)36)14-4-5-25(34)31-19-8-11-21(12-9-19)40(37,38)32-20-10-13-23(27)22(16-20)26(28,29)30/h6-13,15-16,32H,4-5,14H2,1-3H3,(H,31,34). The Bertz CT molecular complexity index is 1610. The molecule has 0 fully saturated rings. The minimum absolute atomic E-state index is 0.00338. The van der Waals surface area contributed by atoms with Gasteiger partial charge in [-0.05, 0) is 79.9 Å². The van der Waals surface area contributed by atoms with Crippen molar-refractivity contribution in [3.8, 4) is 0 Å². The summed E-state index contributed by atoms with van der Waals surface area (Å²) in [7, 11) is -7.83. The summed E-state index contributed by atoms with van der Waals surface area (Å²) in [5, 5.41) is 2.05. The van der Waals surface area contributed by atoms with Crippen molar-refractivity contribution < 1.29 is 34.8 Å². The number of nitrogens with one attached hydrogen (secondary N) is 2. The van der Waals surface area contributed by atoms with Gasteiger partial charge in [-0.15, -0.1) is 0 Å². The molecule has 0 aliphatic carbocycles. The van der Waals surface area contributed by atoms with Gasteiger partial charge in [0, 0.05) is 24.3 Å². The van der Waals surface area contributed by atoms with Gasteiger partial charge in [-0.2, -0.15) is 13.2 Å². The van der Waals surface area contributed by atoms with E-state index in [1.807, 2.05) is 19.1 Å². The molecule has 2 N–H and O–H groups in total. The average molecular weight is 618 g/mol. The molecular weight excluding hydrogens is 591 g/mol. The molecule has 216 valence electrons. The van der Waals surface area contributed by atoms with Gasteiger partial charge in [-0.1, -0.05) is 23.7 Å². The Kier molecular flexibility index (Phi) is 9.42. The topological polar surface area (TPSA) is 113 Å². The van der Waals surface area contributed by atoms with Crippen LogP contribution in [0.3, 0.4) is 0 Å². The van der Waals surface area contributed by atoms with Gasteiger partial charge in [0.25, 0.3) is 10.0 Å². The maximum Gasteiger partial charge on any atom is 0.417 e. The lowest BCUT2D eigenvalue weighted by atomic mass is 10.1. The van der Waals surface area contributed by atoms with E-state index in [1.54, 1.807) is 13.0 Å². The first kappa shape index (κ1) is 31.2. The lowest BCUT2D eigenvalue weighted by Crippen LogP contribution is -2.32. The number of aryl methyl sites for hydroxylation is 2. The highest BCUT2D eigenvalue weighted by molar-refractivity contribution is 7.92. The molecule has 3 aromatic carbocycles. The maximum atomic E-state index is 13.1. The number of sulfonamides is 2. The Balaban J connectivity index is 1.62. The van der Waals surface area contributed by atoms with Crippen molar-refractivity contribution in [2.45, 2.75) is 37.8 Å². The van der Waals surface area contributed by atoms with E-state index < -0.39 is 42.7 Å². The number of benzene rings is 3. The van der Waals surface area contributed by atoms with E-state index >= 15 is 0 Å². The fourth-order valence-electron chi connectivity index (χ4n) is 3.80. The number of anilines is 3. The summed E-state index contributed by atoms with van der Waals surface area (Å²) >= 11 is 5.57. The van der Waals surface area contributed by atoms with Gasteiger partial charge in [-0.3, -0.25) is 13.8 Å². The number of alkyl halides is 3. The van der Waals surface area contributed by atoms with Gasteiger partial charge in [0.05, 0.1) is 27.4 Å². The van der Waals surface area contributed by atoms with Crippen molar-refractivity contribution in [1.29, 1.82) is 0 Å². The molecule has 0 saturated carbocycles. The number of carbonyl (C=O) groups excluding carboxylic acids is 1. The molecule has 0 saturated heterocycles. The molecule has 3 rings (SSSR count). The van der Waals surface area contributed by atoms with E-state index in [2.05, 4.69) is 10.0 Å². The third-order valence-corrected chi connectivity index (χ3v) is 8.68. The molecule has 0 heterocycles. The Morgan fingerprint density at radius 3 is 2.15 bits per heavy atom. The zero-order valence-electron chi connectivity index (χ0n) is 21.7. The predicted octanol–water partition coefficient (Wildman–Crippen LogP) is 5.96. The Labute approximate surface area is 236 Å². The molecule has 1 amide bonds. The molecule has 0 spiro atoms. The lowest BCUT2D eigenvalue weighted by Gasteiger charge is -2.24. The van der Waals surface area contributed by atoms with Crippen LogP contribution < -0.4 is 14.3 Å². The van der Waals surface area contributed by atoms with Crippen molar-refractivity contribution in [1.82, 2.24) is 0 Å². The SMILES string of the molecule is Cc1ccc(C)c(N(CCCC(=O)Nc2ccc(S(=O)(=O)Nc3ccc(Cl)c(C(F)(F)F)c3)cc2)S(C)(=O)=O)c1. The smallest absolute Gasteiger partial charge is 0.326 e. The second-order valence-corrected chi connectivity index (χ2v) is 13.1. The van der Waals surface area contributed by atoms with E-state index in [4.69, 9.17) is 11.6 Å². The highest BCUT2D eigenvalue weighted by atomic mass is 35.5. The fraction of sp³-hybridized carbons (Fsp3) is 0.269. The summed E-state index contributed by atoms with van der Waals surface area (Å²) in [5.41, 5.74) is 0.999. The van der Waals surface area contributed by atoms with Crippen LogP contribution in [0.5, 0.6) is 0 Å². The van der Waals surface area contributed by atoms with Crippen LogP contribution in [0.1, 0.15) is 29.5 Å². The van der Waals surface area contributed by atoms with Crippen molar-refractivity contribution in [3.05, 3.63) is 82.4 Å². The molecule has 0 aliphatic rings. The number of halogens is 4. The van der Waals surface area contributed by atoms with Crippen LogP contribution >= 0.6 is 11.6 Å². The molecule has 0 aromatic heterocycles. The number of hydrogen-bond donors (Lipinski definition) is 2. The van der Waals surface area contributed by atoms with Crippen LogP contribution in [0, 0.1) is 13.8 Å². The van der Waals surface area contributed by atoms with E-state index in [9.17, 15) is 34.8 Å². The molecule has 14 heteroatoms. The first-order chi connectivity index (χ1) is 18.5. The summed E-state index contributed by atoms with van der Waals surface area (Å²) < 4.78 is 92.7. The van der Waals surface area contributed by atoms with Crippen LogP contribution in [-0.4, -0.2) is 35.5 Å². The van der Waals surface area contributed by atoms with E-state index in [-0.39, 0.29) is 35.7 Å². The number of hydrogen-bond acceptors (Lipinski definition) is 5. The van der Waals surface area contributed by atoms with Crippen molar-refractivity contribution >= 4 is 54.6 Å². The lowest BCUT2D eigenvalue weighted by molar-refractivity contribution is -0.137. The molecule has 0 atom stereocenters. The van der Waals surface area contributed by atoms with Gasteiger partial charge in [0.2, 0.25) is 15.9 Å². The van der Waals surface area contributed by atoms with E-state index in [0.29, 0.717) is 11.8 Å². The maximum absolute atomic E-state index is 13.1. The molecular formula is C26H27ClF3N3O5S2.